The number of nitrogen functional groups attached to an aromatic ring is 1. The summed E-state index contributed by atoms with van der Waals surface area (Å²) >= 11 is 0. The largest absolute Gasteiger partial charge is 0.405 e. The van der Waals surface area contributed by atoms with Crippen molar-refractivity contribution in [3.8, 4) is 29.6 Å². The van der Waals surface area contributed by atoms with Crippen molar-refractivity contribution >= 4 is 41.0 Å². The molecule has 3 aliphatic rings. The first-order valence-corrected chi connectivity index (χ1v) is 15.2. The zero-order chi connectivity index (χ0) is 33.2. The van der Waals surface area contributed by atoms with E-state index in [2.05, 4.69) is 20.9 Å². The number of rotatable bonds is 6. The third kappa shape index (κ3) is 5.71. The van der Waals surface area contributed by atoms with Crippen molar-refractivity contribution in [3.05, 3.63) is 47.7 Å². The fraction of sp³-hybridized carbons (Fsp3) is 0.406. The Balaban J connectivity index is 1.38. The number of aromatic nitrogens is 3. The van der Waals surface area contributed by atoms with Crippen LogP contribution in [-0.2, 0) is 4.74 Å². The van der Waals surface area contributed by atoms with E-state index >= 15 is 4.39 Å². The molecule has 2 aliphatic heterocycles. The number of ether oxygens (including phenoxy) is 2. The molecule has 4 heterocycles. The first-order valence-electron chi connectivity index (χ1n) is 15.2. The summed E-state index contributed by atoms with van der Waals surface area (Å²) in [6.07, 6.45) is 8.45. The lowest BCUT2D eigenvalue weighted by molar-refractivity contribution is -0.338. The molecule has 0 amide bonds. The third-order valence-electron chi connectivity index (χ3n) is 9.16. The minimum atomic E-state index is -2.91. The number of piperidine rings is 1. The van der Waals surface area contributed by atoms with E-state index in [1.54, 1.807) is 6.07 Å². The molecule has 0 bridgehead atoms. The molecule has 2 aromatic carbocycles. The molecule has 2 aromatic heterocycles. The van der Waals surface area contributed by atoms with Gasteiger partial charge >= 0.3 is 12.0 Å². The van der Waals surface area contributed by atoms with Crippen molar-refractivity contribution in [3.63, 3.8) is 0 Å². The lowest BCUT2D eigenvalue weighted by Crippen LogP contribution is -2.58. The Morgan fingerprint density at radius 1 is 1.15 bits per heavy atom. The molecule has 2 radical (unpaired) electrons. The molecule has 3 atom stereocenters. The second-order valence-electron chi connectivity index (χ2n) is 12.3. The van der Waals surface area contributed by atoms with Gasteiger partial charge in [-0.2, -0.15) is 9.97 Å². The van der Waals surface area contributed by atoms with E-state index < -0.39 is 35.3 Å². The molecule has 1 saturated carbocycles. The summed E-state index contributed by atoms with van der Waals surface area (Å²) in [5, 5.41) is 42.9. The monoisotopic (exact) mass is 644 g/mol. The van der Waals surface area contributed by atoms with Gasteiger partial charge in [-0.15, -0.1) is 6.42 Å². The predicted octanol–water partition coefficient (Wildman–Crippen LogP) is 1.41. The molecular weight excluding hydrogens is 613 g/mol. The summed E-state index contributed by atoms with van der Waals surface area (Å²) in [5.74, 6) is -5.44. The van der Waals surface area contributed by atoms with Crippen LogP contribution in [0.2, 0.25) is 0 Å². The summed E-state index contributed by atoms with van der Waals surface area (Å²) in [4.78, 5) is 16.2. The van der Waals surface area contributed by atoms with E-state index in [4.69, 9.17) is 29.5 Å². The number of aliphatic hydroxyl groups is 4. The van der Waals surface area contributed by atoms with E-state index in [0.29, 0.717) is 31.6 Å². The van der Waals surface area contributed by atoms with Crippen LogP contribution in [0.1, 0.15) is 24.8 Å². The van der Waals surface area contributed by atoms with Crippen LogP contribution in [0, 0.1) is 35.8 Å². The van der Waals surface area contributed by atoms with Gasteiger partial charge < -0.3 is 40.5 Å². The molecule has 4 aromatic rings. The molecule has 1 aliphatic carbocycles. The van der Waals surface area contributed by atoms with Crippen molar-refractivity contribution in [1.29, 1.82) is 0 Å². The maximum atomic E-state index is 16.8. The van der Waals surface area contributed by atoms with Crippen molar-refractivity contribution in [2.45, 2.75) is 37.1 Å². The zero-order valence-electron chi connectivity index (χ0n) is 25.1. The number of hydrogen-bond acceptors (Lipinski definition) is 12. The summed E-state index contributed by atoms with van der Waals surface area (Å²) in [7, 11) is 5.42. The first kappa shape index (κ1) is 31.4. The highest BCUT2D eigenvalue weighted by atomic mass is 19.1. The van der Waals surface area contributed by atoms with Gasteiger partial charge in [-0.1, -0.05) is 12.0 Å². The molecule has 6 N–H and O–H groups in total. The molecule has 7 rings (SSSR count). The predicted molar refractivity (Wildman–Crippen MR) is 168 cm³/mol. The summed E-state index contributed by atoms with van der Waals surface area (Å²) in [6, 6.07) is 5.22. The van der Waals surface area contributed by atoms with Crippen molar-refractivity contribution in [2.75, 3.05) is 43.5 Å². The first-order chi connectivity index (χ1) is 22.4. The standard InChI is InChI=1S/C32H31BF2N6O6/c1-2-20-23(34)6-5-16-10-19(36)12-21(25(16)20)27-26(35)28-22(13-37-27)29(41-8-9-46-15-17-11-24(17)41)39-30(38-28)47-31(42,43)18-4-3-7-40(14-18)32(33,44)45/h1,5-6,10,12-13,17-18,24,42-45H,3-4,7-9,11,14-15,36H2. The third-order valence-corrected chi connectivity index (χ3v) is 9.16. The maximum absolute atomic E-state index is 16.8. The van der Waals surface area contributed by atoms with E-state index in [0.717, 1.165) is 11.3 Å². The average Bonchev–Trinajstić information content (AvgIpc) is 3.81. The number of terminal acetylenes is 1. The van der Waals surface area contributed by atoms with Crippen molar-refractivity contribution in [2.24, 2.45) is 11.8 Å². The van der Waals surface area contributed by atoms with Crippen LogP contribution in [0.4, 0.5) is 20.3 Å². The van der Waals surface area contributed by atoms with Gasteiger partial charge in [0.2, 0.25) is 0 Å². The number of benzene rings is 2. The van der Waals surface area contributed by atoms with Crippen molar-refractivity contribution in [1.82, 2.24) is 19.9 Å². The molecule has 47 heavy (non-hydrogen) atoms. The Bertz CT molecular complexity index is 1940. The molecule has 3 unspecified atom stereocenters. The lowest BCUT2D eigenvalue weighted by Gasteiger charge is -2.42. The van der Waals surface area contributed by atoms with Gasteiger partial charge in [0, 0.05) is 54.4 Å². The number of nitrogens with two attached hydrogens (primary N) is 1. The van der Waals surface area contributed by atoms with E-state index in [1.807, 2.05) is 4.90 Å². The second kappa shape index (κ2) is 11.5. The summed E-state index contributed by atoms with van der Waals surface area (Å²) < 4.78 is 42.9. The number of hydrogen-bond donors (Lipinski definition) is 5. The Morgan fingerprint density at radius 3 is 2.72 bits per heavy atom. The number of anilines is 2. The molecule has 0 spiro atoms. The highest BCUT2D eigenvalue weighted by molar-refractivity contribution is 6.12. The van der Waals surface area contributed by atoms with Crippen LogP contribution >= 0.6 is 0 Å². The van der Waals surface area contributed by atoms with Crippen LogP contribution in [0.15, 0.2) is 30.5 Å². The number of halogens is 2. The van der Waals surface area contributed by atoms with Crippen molar-refractivity contribution < 1.29 is 38.7 Å². The smallest absolute Gasteiger partial charge is 0.328 e. The molecular formula is C32H31BF2N6O6. The molecule has 3 fully saturated rings. The summed E-state index contributed by atoms with van der Waals surface area (Å²) in [6.45, 7) is 1.30. The highest BCUT2D eigenvalue weighted by Gasteiger charge is 2.46. The van der Waals surface area contributed by atoms with Crippen LogP contribution < -0.4 is 15.4 Å². The molecule has 2 saturated heterocycles. The van der Waals surface area contributed by atoms with Crippen LogP contribution in [-0.4, -0.2) is 98.8 Å². The normalized spacial score (nSPS) is 22.1. The molecule has 242 valence electrons. The van der Waals surface area contributed by atoms with E-state index in [-0.39, 0.29) is 76.1 Å². The van der Waals surface area contributed by atoms with Gasteiger partial charge in [-0.05, 0) is 42.8 Å². The molecule has 12 nitrogen and oxygen atoms in total. The Labute approximate surface area is 269 Å². The van der Waals surface area contributed by atoms with Gasteiger partial charge in [-0.3, -0.25) is 9.88 Å². The van der Waals surface area contributed by atoms with E-state index in [9.17, 15) is 24.8 Å². The second-order valence-corrected chi connectivity index (χ2v) is 12.3. The zero-order valence-corrected chi connectivity index (χ0v) is 25.1. The van der Waals surface area contributed by atoms with E-state index in [1.165, 1.54) is 24.4 Å². The van der Waals surface area contributed by atoms with Crippen LogP contribution in [0.5, 0.6) is 6.01 Å². The number of pyridine rings is 1. The topological polar surface area (TPSA) is 171 Å². The quantitative estimate of drug-likeness (QED) is 0.0887. The Kier molecular flexibility index (Phi) is 7.70. The average molecular weight is 644 g/mol. The highest BCUT2D eigenvalue weighted by Crippen LogP contribution is 2.43. The molecule has 15 heteroatoms. The minimum absolute atomic E-state index is 0.0388. The minimum Gasteiger partial charge on any atom is -0.405 e. The Hall–Kier alpha value is -4.17. The number of likely N-dealkylation sites (tertiary alicyclic amines) is 1. The van der Waals surface area contributed by atoms with Crippen LogP contribution in [0.3, 0.4) is 0 Å². The number of nitrogens with zero attached hydrogens (tertiary/aromatic N) is 5. The summed E-state index contributed by atoms with van der Waals surface area (Å²) in [5.41, 5.74) is 6.00. The van der Waals surface area contributed by atoms with Gasteiger partial charge in [0.05, 0.1) is 30.1 Å². The fourth-order valence-electron chi connectivity index (χ4n) is 6.69. The van der Waals surface area contributed by atoms with Gasteiger partial charge in [0.15, 0.2) is 19.5 Å². The van der Waals surface area contributed by atoms with Gasteiger partial charge in [0.25, 0.3) is 0 Å². The maximum Gasteiger partial charge on any atom is 0.328 e. The van der Waals surface area contributed by atoms with Crippen LogP contribution in [0.25, 0.3) is 32.9 Å². The van der Waals surface area contributed by atoms with Gasteiger partial charge in [-0.25, -0.2) is 8.78 Å². The Morgan fingerprint density at radius 2 is 1.96 bits per heavy atom. The van der Waals surface area contributed by atoms with Gasteiger partial charge in [0.1, 0.15) is 22.8 Å². The fourth-order valence-corrected chi connectivity index (χ4v) is 6.69. The SMILES string of the molecule is [B]C(O)(O)N1CCCC(C(O)(O)Oc2nc(N3CCOCC4CC43)c3cnc(-c4cc(N)cc5ccc(F)c(C#C)c45)c(F)c3n2)C1. The number of fused-ring (bicyclic) bond motifs is 3. The lowest BCUT2D eigenvalue weighted by atomic mass is 9.91.